The summed E-state index contributed by atoms with van der Waals surface area (Å²) in [4.78, 5) is 21.7. The molecule has 2 heterocycles. The quantitative estimate of drug-likeness (QED) is 0.475. The lowest BCUT2D eigenvalue weighted by Gasteiger charge is -2.28. The molecule has 4 aromatic rings. The van der Waals surface area contributed by atoms with Gasteiger partial charge in [0.05, 0.1) is 11.3 Å². The second-order valence-corrected chi connectivity index (χ2v) is 9.05. The third-order valence-corrected chi connectivity index (χ3v) is 6.10. The monoisotopic (exact) mass is 388 g/mol. The molecule has 0 radical (unpaired) electrons. The van der Waals surface area contributed by atoms with Crippen LogP contribution in [-0.2, 0) is 12.2 Å². The molecule has 1 aliphatic rings. The highest BCUT2D eigenvalue weighted by molar-refractivity contribution is 7.98. The Balaban J connectivity index is 1.45. The molecule has 0 spiro atoms. The zero-order valence-corrected chi connectivity index (χ0v) is 16.7. The van der Waals surface area contributed by atoms with Gasteiger partial charge in [0.25, 0.3) is 5.78 Å². The first kappa shape index (κ1) is 17.4. The Bertz CT molecular complexity index is 1220. The molecule has 0 atom stereocenters. The van der Waals surface area contributed by atoms with Gasteiger partial charge in [-0.05, 0) is 28.2 Å². The first-order valence-corrected chi connectivity index (χ1v) is 10.4. The Morgan fingerprint density at radius 3 is 2.79 bits per heavy atom. The standard InChI is InChI=1S/C22H20N4OS/c1-22(2)10-18-17(19(27)11-22)12-26-20(23-18)24-21(25-26)28-13-15-8-5-7-14-6-3-4-9-16(14)15/h3-9,12H,10-11,13H2,1-2H3. The molecule has 28 heavy (non-hydrogen) atoms. The predicted octanol–water partition coefficient (Wildman–Crippen LogP) is 4.72. The fourth-order valence-corrected chi connectivity index (χ4v) is 4.70. The Morgan fingerprint density at radius 1 is 1.07 bits per heavy atom. The van der Waals surface area contributed by atoms with E-state index < -0.39 is 0 Å². The summed E-state index contributed by atoms with van der Waals surface area (Å²) in [6.07, 6.45) is 3.13. The number of carbonyl (C=O) groups excluding carboxylic acids is 1. The van der Waals surface area contributed by atoms with Crippen LogP contribution in [-0.4, -0.2) is 25.4 Å². The lowest BCUT2D eigenvalue weighted by molar-refractivity contribution is 0.0909. The van der Waals surface area contributed by atoms with Crippen molar-refractivity contribution in [3.8, 4) is 0 Å². The topological polar surface area (TPSA) is 60.2 Å². The van der Waals surface area contributed by atoms with Crippen LogP contribution in [0.2, 0.25) is 0 Å². The van der Waals surface area contributed by atoms with Gasteiger partial charge in [0, 0.05) is 18.4 Å². The Morgan fingerprint density at radius 2 is 1.89 bits per heavy atom. The molecule has 0 saturated heterocycles. The number of thioether (sulfide) groups is 1. The second kappa shape index (κ2) is 6.41. The van der Waals surface area contributed by atoms with Crippen molar-refractivity contribution in [2.24, 2.45) is 5.41 Å². The minimum Gasteiger partial charge on any atom is -0.294 e. The molecule has 0 saturated carbocycles. The van der Waals surface area contributed by atoms with Crippen molar-refractivity contribution >= 4 is 34.1 Å². The van der Waals surface area contributed by atoms with E-state index in [9.17, 15) is 4.79 Å². The van der Waals surface area contributed by atoms with E-state index in [4.69, 9.17) is 0 Å². The van der Waals surface area contributed by atoms with Crippen LogP contribution in [0.25, 0.3) is 16.6 Å². The van der Waals surface area contributed by atoms with Crippen LogP contribution in [0, 0.1) is 5.41 Å². The van der Waals surface area contributed by atoms with E-state index in [0.717, 1.165) is 17.9 Å². The minimum atomic E-state index is -0.0542. The fourth-order valence-electron chi connectivity index (χ4n) is 3.87. The maximum absolute atomic E-state index is 12.5. The van der Waals surface area contributed by atoms with Crippen LogP contribution in [0.1, 0.15) is 41.9 Å². The van der Waals surface area contributed by atoms with E-state index in [1.807, 2.05) is 0 Å². The molecule has 5 nitrogen and oxygen atoms in total. The van der Waals surface area contributed by atoms with Crippen LogP contribution in [0.5, 0.6) is 0 Å². The highest BCUT2D eigenvalue weighted by atomic mass is 32.2. The summed E-state index contributed by atoms with van der Waals surface area (Å²) in [6, 6.07) is 14.7. The minimum absolute atomic E-state index is 0.0542. The molecular weight excluding hydrogens is 368 g/mol. The highest BCUT2D eigenvalue weighted by Crippen LogP contribution is 2.34. The maximum Gasteiger partial charge on any atom is 0.253 e. The van der Waals surface area contributed by atoms with Crippen molar-refractivity contribution in [2.75, 3.05) is 0 Å². The molecule has 5 rings (SSSR count). The van der Waals surface area contributed by atoms with Gasteiger partial charge in [0.15, 0.2) is 5.78 Å². The Hall–Kier alpha value is -2.73. The van der Waals surface area contributed by atoms with Gasteiger partial charge in [0.1, 0.15) is 0 Å². The van der Waals surface area contributed by atoms with E-state index in [1.54, 1.807) is 22.5 Å². The van der Waals surface area contributed by atoms with E-state index in [0.29, 0.717) is 22.9 Å². The SMILES string of the molecule is CC1(C)CC(=O)c2cn3nc(SCc4cccc5ccccc45)nc3nc2C1. The largest absolute Gasteiger partial charge is 0.294 e. The van der Waals surface area contributed by atoms with Crippen LogP contribution in [0.3, 0.4) is 0 Å². The van der Waals surface area contributed by atoms with Gasteiger partial charge >= 0.3 is 0 Å². The molecule has 0 N–H and O–H groups in total. The van der Waals surface area contributed by atoms with Crippen molar-refractivity contribution < 1.29 is 4.79 Å². The predicted molar refractivity (Wildman–Crippen MR) is 111 cm³/mol. The first-order chi connectivity index (χ1) is 13.5. The van der Waals surface area contributed by atoms with Gasteiger partial charge in [-0.25, -0.2) is 9.50 Å². The van der Waals surface area contributed by atoms with Gasteiger partial charge in [-0.15, -0.1) is 5.10 Å². The summed E-state index contributed by atoms with van der Waals surface area (Å²) < 4.78 is 1.64. The third-order valence-electron chi connectivity index (χ3n) is 5.21. The molecule has 6 heteroatoms. The molecule has 0 amide bonds. The summed E-state index contributed by atoms with van der Waals surface area (Å²) >= 11 is 1.59. The third kappa shape index (κ3) is 3.07. The van der Waals surface area contributed by atoms with Gasteiger partial charge in [0.2, 0.25) is 5.16 Å². The zero-order chi connectivity index (χ0) is 19.3. The van der Waals surface area contributed by atoms with Gasteiger partial charge in [-0.1, -0.05) is 68.1 Å². The van der Waals surface area contributed by atoms with Crippen molar-refractivity contribution in [3.05, 3.63) is 65.5 Å². The molecule has 1 aliphatic carbocycles. The van der Waals surface area contributed by atoms with E-state index in [-0.39, 0.29) is 11.2 Å². The van der Waals surface area contributed by atoms with Crippen LogP contribution < -0.4 is 0 Å². The number of nitrogens with zero attached hydrogens (tertiary/aromatic N) is 4. The smallest absolute Gasteiger partial charge is 0.253 e. The van der Waals surface area contributed by atoms with E-state index in [2.05, 4.69) is 71.4 Å². The average Bonchev–Trinajstić information content (AvgIpc) is 3.06. The normalized spacial score (nSPS) is 15.9. The fraction of sp³-hybridized carbons (Fsp3) is 0.273. The number of Topliss-reactive ketones (excluding diaryl/α,β-unsaturated/α-hetero) is 1. The highest BCUT2D eigenvalue weighted by Gasteiger charge is 2.32. The molecule has 2 aromatic heterocycles. The molecule has 0 bridgehead atoms. The second-order valence-electron chi connectivity index (χ2n) is 8.11. The summed E-state index contributed by atoms with van der Waals surface area (Å²) in [5.74, 6) is 1.48. The number of aromatic nitrogens is 4. The first-order valence-electron chi connectivity index (χ1n) is 9.37. The number of hydrogen-bond acceptors (Lipinski definition) is 5. The summed E-state index contributed by atoms with van der Waals surface area (Å²) in [5, 5.41) is 7.70. The molecule has 0 aliphatic heterocycles. The van der Waals surface area contributed by atoms with Crippen molar-refractivity contribution in [1.29, 1.82) is 0 Å². The molecule has 140 valence electrons. The number of ketones is 1. The summed E-state index contributed by atoms with van der Waals surface area (Å²) in [7, 11) is 0. The van der Waals surface area contributed by atoms with E-state index in [1.165, 1.54) is 16.3 Å². The Labute approximate surface area is 167 Å². The molecule has 2 aromatic carbocycles. The number of benzene rings is 2. The van der Waals surface area contributed by atoms with Gasteiger partial charge < -0.3 is 0 Å². The summed E-state index contributed by atoms with van der Waals surface area (Å²) in [5.41, 5.74) is 2.72. The average molecular weight is 388 g/mol. The van der Waals surface area contributed by atoms with Crippen molar-refractivity contribution in [1.82, 2.24) is 19.6 Å². The van der Waals surface area contributed by atoms with Gasteiger partial charge in [-0.3, -0.25) is 4.79 Å². The lowest BCUT2D eigenvalue weighted by atomic mass is 9.76. The van der Waals surface area contributed by atoms with Crippen LogP contribution >= 0.6 is 11.8 Å². The molecule has 0 fully saturated rings. The van der Waals surface area contributed by atoms with Crippen molar-refractivity contribution in [2.45, 2.75) is 37.6 Å². The molecule has 0 unspecified atom stereocenters. The van der Waals surface area contributed by atoms with Crippen molar-refractivity contribution in [3.63, 3.8) is 0 Å². The number of rotatable bonds is 3. The number of fused-ring (bicyclic) bond motifs is 3. The molecular formula is C22H20N4OS. The zero-order valence-electron chi connectivity index (χ0n) is 15.8. The number of carbonyl (C=O) groups is 1. The van der Waals surface area contributed by atoms with E-state index >= 15 is 0 Å². The summed E-state index contributed by atoms with van der Waals surface area (Å²) in [6.45, 7) is 4.21. The van der Waals surface area contributed by atoms with Crippen LogP contribution in [0.4, 0.5) is 0 Å². The number of hydrogen-bond donors (Lipinski definition) is 0. The van der Waals surface area contributed by atoms with Gasteiger partial charge in [-0.2, -0.15) is 4.98 Å². The van der Waals surface area contributed by atoms with Crippen LogP contribution in [0.15, 0.2) is 53.8 Å². The maximum atomic E-state index is 12.5. The Kier molecular flexibility index (Phi) is 3.98. The lowest BCUT2D eigenvalue weighted by Crippen LogP contribution is -2.28.